The van der Waals surface area contributed by atoms with Gasteiger partial charge in [-0.15, -0.1) is 0 Å². The van der Waals surface area contributed by atoms with E-state index < -0.39 is 12.2 Å². The minimum Gasteiger partial charge on any atom is -0.377 e. The molecule has 1 saturated heterocycles. The Hall–Kier alpha value is -0.490. The molecular weight excluding hydrogens is 210 g/mol. The van der Waals surface area contributed by atoms with Gasteiger partial charge in [0.25, 0.3) is 0 Å². The fourth-order valence-corrected chi connectivity index (χ4v) is 2.20. The third kappa shape index (κ3) is 2.60. The van der Waals surface area contributed by atoms with Crippen LogP contribution in [0.2, 0.25) is 0 Å². The van der Waals surface area contributed by atoms with Crippen molar-refractivity contribution in [3.8, 4) is 0 Å². The Balaban J connectivity index is 2.80. The summed E-state index contributed by atoms with van der Waals surface area (Å²) in [5, 5.41) is 0. The lowest BCUT2D eigenvalue weighted by Gasteiger charge is -2.42. The lowest BCUT2D eigenvalue weighted by Crippen LogP contribution is -2.62. The third-order valence-electron chi connectivity index (χ3n) is 3.04. The van der Waals surface area contributed by atoms with Gasteiger partial charge < -0.3 is 24.7 Å². The average molecular weight is 231 g/mol. The van der Waals surface area contributed by atoms with Crippen molar-refractivity contribution in [2.45, 2.75) is 50.2 Å². The minimum atomic E-state index is -0.591. The van der Waals surface area contributed by atoms with E-state index in [9.17, 15) is 4.79 Å². The van der Waals surface area contributed by atoms with Gasteiger partial charge in [0.2, 0.25) is 0 Å². The molecule has 1 fully saturated rings. The molecule has 1 aliphatic heterocycles. The lowest BCUT2D eigenvalue weighted by molar-refractivity contribution is -0.192. The van der Waals surface area contributed by atoms with Crippen molar-refractivity contribution in [2.24, 2.45) is 5.73 Å². The van der Waals surface area contributed by atoms with Gasteiger partial charge in [-0.2, -0.15) is 0 Å². The van der Waals surface area contributed by atoms with Gasteiger partial charge in [0, 0.05) is 14.2 Å². The molecule has 0 aromatic heterocycles. The quantitative estimate of drug-likeness (QED) is 0.680. The van der Waals surface area contributed by atoms with E-state index in [0.29, 0.717) is 0 Å². The summed E-state index contributed by atoms with van der Waals surface area (Å²) < 4.78 is 16.2. The molecule has 0 saturated carbocycles. The Bertz CT molecular complexity index is 224. The van der Waals surface area contributed by atoms with Crippen LogP contribution in [0.3, 0.4) is 0 Å². The SMILES string of the molecule is CCCC1OC(C=O)C(OC)C(OC)C1N. The molecule has 0 bridgehead atoms. The van der Waals surface area contributed by atoms with Gasteiger partial charge >= 0.3 is 0 Å². The molecular formula is C11H21NO4. The molecule has 0 amide bonds. The van der Waals surface area contributed by atoms with Crippen molar-refractivity contribution in [1.82, 2.24) is 0 Å². The molecule has 94 valence electrons. The van der Waals surface area contributed by atoms with Crippen LogP contribution in [-0.2, 0) is 19.0 Å². The van der Waals surface area contributed by atoms with Crippen LogP contribution < -0.4 is 5.73 Å². The largest absolute Gasteiger partial charge is 0.377 e. The van der Waals surface area contributed by atoms with Crippen LogP contribution in [-0.4, -0.2) is 51.0 Å². The summed E-state index contributed by atoms with van der Waals surface area (Å²) in [6.45, 7) is 2.05. The fraction of sp³-hybridized carbons (Fsp3) is 0.909. The van der Waals surface area contributed by atoms with Gasteiger partial charge in [-0.25, -0.2) is 0 Å². The predicted octanol–water partition coefficient (Wildman–Crippen LogP) is 0.110. The number of aldehydes is 1. The number of hydrogen-bond donors (Lipinski definition) is 1. The maximum absolute atomic E-state index is 10.9. The van der Waals surface area contributed by atoms with Gasteiger partial charge in [0.05, 0.1) is 12.1 Å². The van der Waals surface area contributed by atoms with Crippen LogP contribution in [0.1, 0.15) is 19.8 Å². The number of carbonyl (C=O) groups is 1. The highest BCUT2D eigenvalue weighted by Gasteiger charge is 2.44. The monoisotopic (exact) mass is 231 g/mol. The van der Waals surface area contributed by atoms with Gasteiger partial charge in [0.15, 0.2) is 6.29 Å². The molecule has 5 unspecified atom stereocenters. The Kier molecular flexibility index (Phi) is 5.34. The summed E-state index contributed by atoms with van der Waals surface area (Å²) in [6.07, 6.45) is 1.08. The summed E-state index contributed by atoms with van der Waals surface area (Å²) in [6, 6.07) is -0.258. The normalized spacial score (nSPS) is 39.6. The van der Waals surface area contributed by atoms with Crippen LogP contribution in [0, 0.1) is 0 Å². The second-order valence-corrected chi connectivity index (χ2v) is 4.04. The van der Waals surface area contributed by atoms with E-state index in [-0.39, 0.29) is 18.2 Å². The lowest BCUT2D eigenvalue weighted by atomic mass is 9.91. The Morgan fingerprint density at radius 3 is 2.38 bits per heavy atom. The summed E-state index contributed by atoms with van der Waals surface area (Å²) >= 11 is 0. The van der Waals surface area contributed by atoms with E-state index >= 15 is 0 Å². The van der Waals surface area contributed by atoms with Crippen molar-refractivity contribution in [2.75, 3.05) is 14.2 Å². The molecule has 0 aliphatic carbocycles. The molecule has 2 N–H and O–H groups in total. The zero-order valence-corrected chi connectivity index (χ0v) is 10.1. The smallest absolute Gasteiger partial charge is 0.151 e. The molecule has 0 spiro atoms. The Morgan fingerprint density at radius 1 is 1.31 bits per heavy atom. The van der Waals surface area contributed by atoms with E-state index in [1.807, 2.05) is 0 Å². The number of nitrogens with two attached hydrogens (primary N) is 1. The van der Waals surface area contributed by atoms with Gasteiger partial charge in [-0.1, -0.05) is 13.3 Å². The van der Waals surface area contributed by atoms with Crippen LogP contribution in [0.15, 0.2) is 0 Å². The second-order valence-electron chi connectivity index (χ2n) is 4.04. The summed E-state index contributed by atoms with van der Waals surface area (Å²) in [5.41, 5.74) is 6.06. The first-order chi connectivity index (χ1) is 7.69. The predicted molar refractivity (Wildman–Crippen MR) is 59.2 cm³/mol. The molecule has 1 heterocycles. The second kappa shape index (κ2) is 6.30. The zero-order chi connectivity index (χ0) is 12.1. The van der Waals surface area contributed by atoms with Crippen molar-refractivity contribution >= 4 is 6.29 Å². The first-order valence-electron chi connectivity index (χ1n) is 5.61. The first kappa shape index (κ1) is 13.6. The standard InChI is InChI=1S/C11H21NO4/c1-4-5-7-9(12)11(15-3)10(14-2)8(6-13)16-7/h6-11H,4-5,12H2,1-3H3. The molecule has 1 aliphatic rings. The van der Waals surface area contributed by atoms with Crippen LogP contribution >= 0.6 is 0 Å². The van der Waals surface area contributed by atoms with Gasteiger partial charge in [-0.3, -0.25) is 0 Å². The van der Waals surface area contributed by atoms with Crippen LogP contribution in [0.4, 0.5) is 0 Å². The van der Waals surface area contributed by atoms with Crippen molar-refractivity contribution in [1.29, 1.82) is 0 Å². The first-order valence-corrected chi connectivity index (χ1v) is 5.61. The van der Waals surface area contributed by atoms with E-state index in [1.54, 1.807) is 7.11 Å². The number of ether oxygens (including phenoxy) is 3. The van der Waals surface area contributed by atoms with E-state index in [0.717, 1.165) is 19.1 Å². The Morgan fingerprint density at radius 2 is 1.94 bits per heavy atom. The summed E-state index contributed by atoms with van der Waals surface area (Å²) in [4.78, 5) is 10.9. The number of methoxy groups -OCH3 is 2. The van der Waals surface area contributed by atoms with Crippen LogP contribution in [0.5, 0.6) is 0 Å². The molecule has 5 heteroatoms. The van der Waals surface area contributed by atoms with Crippen molar-refractivity contribution in [3.63, 3.8) is 0 Å². The molecule has 0 radical (unpaired) electrons. The number of hydrogen-bond acceptors (Lipinski definition) is 5. The molecule has 0 aromatic rings. The highest BCUT2D eigenvalue weighted by molar-refractivity contribution is 5.57. The van der Waals surface area contributed by atoms with Gasteiger partial charge in [-0.05, 0) is 6.42 Å². The van der Waals surface area contributed by atoms with Crippen LogP contribution in [0.25, 0.3) is 0 Å². The highest BCUT2D eigenvalue weighted by Crippen LogP contribution is 2.25. The Labute approximate surface area is 96.2 Å². The zero-order valence-electron chi connectivity index (χ0n) is 10.1. The third-order valence-corrected chi connectivity index (χ3v) is 3.04. The average Bonchev–Trinajstić information content (AvgIpc) is 2.31. The number of carbonyl (C=O) groups excluding carboxylic acids is 1. The topological polar surface area (TPSA) is 70.8 Å². The van der Waals surface area contributed by atoms with Crippen molar-refractivity contribution in [3.05, 3.63) is 0 Å². The summed E-state index contributed by atoms with van der Waals surface area (Å²) in [5.74, 6) is 0. The fourth-order valence-electron chi connectivity index (χ4n) is 2.20. The van der Waals surface area contributed by atoms with E-state index in [1.165, 1.54) is 7.11 Å². The minimum absolute atomic E-state index is 0.142. The molecule has 5 nitrogen and oxygen atoms in total. The molecule has 1 rings (SSSR count). The van der Waals surface area contributed by atoms with E-state index in [4.69, 9.17) is 19.9 Å². The van der Waals surface area contributed by atoms with Crippen molar-refractivity contribution < 1.29 is 19.0 Å². The maximum atomic E-state index is 10.9. The molecule has 5 atom stereocenters. The van der Waals surface area contributed by atoms with E-state index in [2.05, 4.69) is 6.92 Å². The maximum Gasteiger partial charge on any atom is 0.151 e. The van der Waals surface area contributed by atoms with Gasteiger partial charge in [0.1, 0.15) is 18.3 Å². The highest BCUT2D eigenvalue weighted by atomic mass is 16.6. The molecule has 0 aromatic carbocycles. The number of rotatable bonds is 5. The summed E-state index contributed by atoms with van der Waals surface area (Å²) in [7, 11) is 3.11. The molecule has 16 heavy (non-hydrogen) atoms.